The van der Waals surface area contributed by atoms with Crippen LogP contribution >= 0.6 is 0 Å². The molecule has 0 radical (unpaired) electrons. The number of hydrogen-bond donors (Lipinski definition) is 2. The van der Waals surface area contributed by atoms with Crippen molar-refractivity contribution >= 4 is 5.96 Å². The van der Waals surface area contributed by atoms with E-state index in [-0.39, 0.29) is 0 Å². The molecule has 1 rings (SSSR count). The van der Waals surface area contributed by atoms with Crippen LogP contribution in [0.15, 0.2) is 23.2 Å². The van der Waals surface area contributed by atoms with Gasteiger partial charge < -0.3 is 24.8 Å². The first-order chi connectivity index (χ1) is 11.6. The van der Waals surface area contributed by atoms with Crippen LogP contribution in [-0.4, -0.2) is 47.0 Å². The zero-order valence-electron chi connectivity index (χ0n) is 15.5. The van der Waals surface area contributed by atoms with Crippen LogP contribution in [0.5, 0.6) is 11.5 Å². The Morgan fingerprint density at radius 2 is 1.96 bits per heavy atom. The molecule has 0 saturated carbocycles. The summed E-state index contributed by atoms with van der Waals surface area (Å²) in [7, 11) is 5.04. The minimum atomic E-state index is 0.574. The zero-order valence-corrected chi connectivity index (χ0v) is 15.5. The highest BCUT2D eigenvalue weighted by Crippen LogP contribution is 2.30. The normalized spacial score (nSPS) is 11.5. The molecular weight excluding hydrogens is 306 g/mol. The minimum absolute atomic E-state index is 0.574. The molecule has 0 aliphatic heterocycles. The Balaban J connectivity index is 2.39. The van der Waals surface area contributed by atoms with Crippen molar-refractivity contribution in [2.45, 2.75) is 26.8 Å². The van der Waals surface area contributed by atoms with E-state index in [1.807, 2.05) is 18.2 Å². The molecular formula is C18H31N3O3. The number of guanidine groups is 1. The fourth-order valence-electron chi connectivity index (χ4n) is 2.19. The molecule has 2 N–H and O–H groups in total. The van der Waals surface area contributed by atoms with Gasteiger partial charge in [0.15, 0.2) is 17.5 Å². The highest BCUT2D eigenvalue weighted by atomic mass is 16.5. The number of nitrogens with zero attached hydrogens (tertiary/aromatic N) is 1. The van der Waals surface area contributed by atoms with E-state index in [9.17, 15) is 0 Å². The number of nitrogens with one attached hydrogen (secondary N) is 2. The molecule has 0 amide bonds. The Kier molecular flexibility index (Phi) is 9.68. The SMILES string of the molecule is CN=C(NCCCOCC(C)C)NCc1cccc(OC)c1OC. The molecule has 136 valence electrons. The Bertz CT molecular complexity index is 504. The van der Waals surface area contributed by atoms with Gasteiger partial charge in [-0.05, 0) is 18.4 Å². The summed E-state index contributed by atoms with van der Waals surface area (Å²) in [6, 6.07) is 5.83. The summed E-state index contributed by atoms with van der Waals surface area (Å²) in [5.74, 6) is 2.79. The smallest absolute Gasteiger partial charge is 0.191 e. The monoisotopic (exact) mass is 337 g/mol. The largest absolute Gasteiger partial charge is 0.493 e. The van der Waals surface area contributed by atoms with Crippen LogP contribution in [-0.2, 0) is 11.3 Å². The van der Waals surface area contributed by atoms with E-state index >= 15 is 0 Å². The number of rotatable bonds is 10. The molecule has 0 atom stereocenters. The van der Waals surface area contributed by atoms with E-state index < -0.39 is 0 Å². The molecule has 0 heterocycles. The predicted molar refractivity (Wildman–Crippen MR) is 98.0 cm³/mol. The Morgan fingerprint density at radius 1 is 1.17 bits per heavy atom. The zero-order chi connectivity index (χ0) is 17.8. The van der Waals surface area contributed by atoms with Crippen LogP contribution in [0.2, 0.25) is 0 Å². The molecule has 0 unspecified atom stereocenters. The second-order valence-electron chi connectivity index (χ2n) is 5.83. The summed E-state index contributed by atoms with van der Waals surface area (Å²) < 4.78 is 16.3. The summed E-state index contributed by atoms with van der Waals surface area (Å²) in [6.07, 6.45) is 0.940. The van der Waals surface area contributed by atoms with E-state index in [0.29, 0.717) is 12.5 Å². The van der Waals surface area contributed by atoms with Gasteiger partial charge in [-0.1, -0.05) is 26.0 Å². The fourth-order valence-corrected chi connectivity index (χ4v) is 2.19. The first kappa shape index (κ1) is 20.1. The van der Waals surface area contributed by atoms with Crippen LogP contribution in [0.3, 0.4) is 0 Å². The summed E-state index contributed by atoms with van der Waals surface area (Å²) in [5.41, 5.74) is 1.01. The van der Waals surface area contributed by atoms with Crippen molar-refractivity contribution in [2.24, 2.45) is 10.9 Å². The first-order valence-electron chi connectivity index (χ1n) is 8.34. The van der Waals surface area contributed by atoms with Gasteiger partial charge >= 0.3 is 0 Å². The molecule has 6 nitrogen and oxygen atoms in total. The number of methoxy groups -OCH3 is 2. The van der Waals surface area contributed by atoms with E-state index in [1.165, 1.54) is 0 Å². The van der Waals surface area contributed by atoms with Crippen LogP contribution in [0.25, 0.3) is 0 Å². The molecule has 0 bridgehead atoms. The van der Waals surface area contributed by atoms with Crippen molar-refractivity contribution in [3.05, 3.63) is 23.8 Å². The molecule has 0 fully saturated rings. The van der Waals surface area contributed by atoms with Crippen molar-refractivity contribution in [2.75, 3.05) is 41.0 Å². The second kappa shape index (κ2) is 11.6. The number of hydrogen-bond acceptors (Lipinski definition) is 4. The average Bonchev–Trinajstić information content (AvgIpc) is 2.59. The third-order valence-corrected chi connectivity index (χ3v) is 3.36. The Morgan fingerprint density at radius 3 is 2.58 bits per heavy atom. The number of aliphatic imine (C=N–C) groups is 1. The van der Waals surface area contributed by atoms with Gasteiger partial charge in [0.2, 0.25) is 0 Å². The van der Waals surface area contributed by atoms with Gasteiger partial charge in [-0.15, -0.1) is 0 Å². The van der Waals surface area contributed by atoms with Gasteiger partial charge in [0.05, 0.1) is 14.2 Å². The lowest BCUT2D eigenvalue weighted by molar-refractivity contribution is 0.108. The number of benzene rings is 1. The summed E-state index contributed by atoms with van der Waals surface area (Å²) in [6.45, 7) is 7.28. The van der Waals surface area contributed by atoms with Gasteiger partial charge in [0.25, 0.3) is 0 Å². The molecule has 1 aromatic rings. The van der Waals surface area contributed by atoms with Crippen molar-refractivity contribution < 1.29 is 14.2 Å². The van der Waals surface area contributed by atoms with Gasteiger partial charge in [-0.2, -0.15) is 0 Å². The molecule has 6 heteroatoms. The highest BCUT2D eigenvalue weighted by molar-refractivity contribution is 5.79. The van der Waals surface area contributed by atoms with Crippen molar-refractivity contribution in [3.8, 4) is 11.5 Å². The van der Waals surface area contributed by atoms with Crippen LogP contribution in [0.1, 0.15) is 25.8 Å². The standard InChI is InChI=1S/C18H31N3O3/c1-14(2)13-24-11-7-10-20-18(19-3)21-12-15-8-6-9-16(22-4)17(15)23-5/h6,8-9,14H,7,10-13H2,1-5H3,(H2,19,20,21). The van der Waals surface area contributed by atoms with Crippen molar-refractivity contribution in [1.29, 1.82) is 0 Å². The lowest BCUT2D eigenvalue weighted by atomic mass is 10.2. The summed E-state index contributed by atoms with van der Waals surface area (Å²) in [4.78, 5) is 4.23. The van der Waals surface area contributed by atoms with E-state index in [1.54, 1.807) is 21.3 Å². The quantitative estimate of drug-likeness (QED) is 0.390. The molecule has 1 aromatic carbocycles. The third-order valence-electron chi connectivity index (χ3n) is 3.36. The lowest BCUT2D eigenvalue weighted by Gasteiger charge is -2.15. The summed E-state index contributed by atoms with van der Waals surface area (Å²) >= 11 is 0. The minimum Gasteiger partial charge on any atom is -0.493 e. The van der Waals surface area contributed by atoms with Crippen LogP contribution in [0.4, 0.5) is 0 Å². The maximum absolute atomic E-state index is 5.56. The average molecular weight is 337 g/mol. The van der Waals surface area contributed by atoms with Gasteiger partial charge in [0, 0.05) is 38.9 Å². The van der Waals surface area contributed by atoms with Gasteiger partial charge in [-0.25, -0.2) is 0 Å². The number of ether oxygens (including phenoxy) is 3. The molecule has 0 aliphatic rings. The maximum Gasteiger partial charge on any atom is 0.191 e. The highest BCUT2D eigenvalue weighted by Gasteiger charge is 2.09. The van der Waals surface area contributed by atoms with Gasteiger partial charge in [0.1, 0.15) is 0 Å². The lowest BCUT2D eigenvalue weighted by Crippen LogP contribution is -2.37. The topological polar surface area (TPSA) is 64.1 Å². The van der Waals surface area contributed by atoms with Crippen molar-refractivity contribution in [3.63, 3.8) is 0 Å². The molecule has 24 heavy (non-hydrogen) atoms. The second-order valence-corrected chi connectivity index (χ2v) is 5.83. The fraction of sp³-hybridized carbons (Fsp3) is 0.611. The van der Waals surface area contributed by atoms with Crippen molar-refractivity contribution in [1.82, 2.24) is 10.6 Å². The van der Waals surface area contributed by atoms with E-state index in [4.69, 9.17) is 14.2 Å². The molecule has 0 spiro atoms. The van der Waals surface area contributed by atoms with Gasteiger partial charge in [-0.3, -0.25) is 4.99 Å². The first-order valence-corrected chi connectivity index (χ1v) is 8.34. The Labute approximate surface area is 145 Å². The molecule has 0 saturated heterocycles. The van der Waals surface area contributed by atoms with Crippen LogP contribution < -0.4 is 20.1 Å². The third kappa shape index (κ3) is 7.08. The Hall–Kier alpha value is -1.95. The molecule has 0 aromatic heterocycles. The predicted octanol–water partition coefficient (Wildman–Crippen LogP) is 2.43. The molecule has 0 aliphatic carbocycles. The van der Waals surface area contributed by atoms with E-state index in [0.717, 1.165) is 49.2 Å². The number of para-hydroxylation sites is 1. The van der Waals surface area contributed by atoms with E-state index in [2.05, 4.69) is 29.5 Å². The van der Waals surface area contributed by atoms with Crippen LogP contribution in [0, 0.1) is 5.92 Å². The summed E-state index contributed by atoms with van der Waals surface area (Å²) in [5, 5.41) is 6.56. The maximum atomic E-state index is 5.56.